The Morgan fingerprint density at radius 1 is 1.16 bits per heavy atom. The van der Waals surface area contributed by atoms with Crippen molar-refractivity contribution in [1.82, 2.24) is 5.32 Å². The molecule has 1 nitrogen and oxygen atoms in total. The molecule has 3 rings (SSSR count). The van der Waals surface area contributed by atoms with Gasteiger partial charge < -0.3 is 5.32 Å². The second-order valence-corrected chi connectivity index (χ2v) is 7.42. The Morgan fingerprint density at radius 2 is 2.00 bits per heavy atom. The SMILES string of the molecule is CCc1ccsc1CNC1CCC2CCCCC2C1. The lowest BCUT2D eigenvalue weighted by Gasteiger charge is -2.39. The Morgan fingerprint density at radius 3 is 2.84 bits per heavy atom. The number of hydrogen-bond acceptors (Lipinski definition) is 2. The van der Waals surface area contributed by atoms with E-state index in [0.717, 1.165) is 24.4 Å². The van der Waals surface area contributed by atoms with E-state index in [1.54, 1.807) is 10.4 Å². The van der Waals surface area contributed by atoms with Crippen LogP contribution in [0.25, 0.3) is 0 Å². The van der Waals surface area contributed by atoms with E-state index in [1.165, 1.54) is 51.4 Å². The zero-order chi connectivity index (χ0) is 13.1. The highest BCUT2D eigenvalue weighted by Gasteiger charge is 2.31. The first-order valence-corrected chi connectivity index (χ1v) is 9.03. The molecule has 3 atom stereocenters. The van der Waals surface area contributed by atoms with Crippen LogP contribution in [-0.4, -0.2) is 6.04 Å². The second-order valence-electron chi connectivity index (χ2n) is 6.42. The zero-order valence-corrected chi connectivity index (χ0v) is 13.0. The van der Waals surface area contributed by atoms with Gasteiger partial charge in [0, 0.05) is 17.5 Å². The molecule has 2 aliphatic rings. The van der Waals surface area contributed by atoms with Crippen LogP contribution in [0.15, 0.2) is 11.4 Å². The van der Waals surface area contributed by atoms with Crippen LogP contribution in [-0.2, 0) is 13.0 Å². The molecule has 106 valence electrons. The maximum absolute atomic E-state index is 3.84. The fraction of sp³-hybridized carbons (Fsp3) is 0.765. The van der Waals surface area contributed by atoms with Crippen LogP contribution < -0.4 is 5.32 Å². The fourth-order valence-electron chi connectivity index (χ4n) is 4.13. The summed E-state index contributed by atoms with van der Waals surface area (Å²) in [4.78, 5) is 1.56. The van der Waals surface area contributed by atoms with Gasteiger partial charge in [-0.15, -0.1) is 11.3 Å². The van der Waals surface area contributed by atoms with Gasteiger partial charge in [0.2, 0.25) is 0 Å². The van der Waals surface area contributed by atoms with Gasteiger partial charge in [0.05, 0.1) is 0 Å². The van der Waals surface area contributed by atoms with Gasteiger partial charge in [-0.1, -0.05) is 32.6 Å². The molecule has 1 N–H and O–H groups in total. The van der Waals surface area contributed by atoms with Gasteiger partial charge >= 0.3 is 0 Å². The summed E-state index contributed by atoms with van der Waals surface area (Å²) in [6.07, 6.45) is 11.5. The Kier molecular flexibility index (Phi) is 4.60. The quantitative estimate of drug-likeness (QED) is 0.836. The maximum Gasteiger partial charge on any atom is 0.0305 e. The molecule has 0 aromatic carbocycles. The minimum Gasteiger partial charge on any atom is -0.309 e. The van der Waals surface area contributed by atoms with Crippen LogP contribution in [0.2, 0.25) is 0 Å². The van der Waals surface area contributed by atoms with Crippen LogP contribution in [0.1, 0.15) is 62.3 Å². The number of nitrogens with one attached hydrogen (secondary N) is 1. The van der Waals surface area contributed by atoms with E-state index in [1.807, 2.05) is 11.3 Å². The summed E-state index contributed by atoms with van der Waals surface area (Å²) in [6.45, 7) is 3.36. The van der Waals surface area contributed by atoms with Gasteiger partial charge in [0.15, 0.2) is 0 Å². The van der Waals surface area contributed by atoms with Crippen LogP contribution in [0, 0.1) is 11.8 Å². The minimum atomic E-state index is 0.783. The molecule has 0 spiro atoms. The molecule has 2 saturated carbocycles. The van der Waals surface area contributed by atoms with Crippen molar-refractivity contribution in [1.29, 1.82) is 0 Å². The highest BCUT2D eigenvalue weighted by atomic mass is 32.1. The summed E-state index contributed by atoms with van der Waals surface area (Å²) in [7, 11) is 0. The van der Waals surface area contributed by atoms with Gasteiger partial charge in [-0.25, -0.2) is 0 Å². The van der Waals surface area contributed by atoms with Gasteiger partial charge in [-0.2, -0.15) is 0 Å². The number of aryl methyl sites for hydroxylation is 1. The van der Waals surface area contributed by atoms with E-state index in [2.05, 4.69) is 23.7 Å². The number of fused-ring (bicyclic) bond motifs is 1. The first-order valence-electron chi connectivity index (χ1n) is 8.15. The number of thiophene rings is 1. The van der Waals surface area contributed by atoms with Gasteiger partial charge in [0.1, 0.15) is 0 Å². The molecular formula is C17H27NS. The molecule has 0 saturated heterocycles. The van der Waals surface area contributed by atoms with E-state index >= 15 is 0 Å². The molecule has 1 aromatic rings. The predicted octanol–water partition coefficient (Wildman–Crippen LogP) is 4.76. The van der Waals surface area contributed by atoms with Crippen molar-refractivity contribution in [3.63, 3.8) is 0 Å². The Labute approximate surface area is 121 Å². The molecule has 3 unspecified atom stereocenters. The van der Waals surface area contributed by atoms with E-state index in [4.69, 9.17) is 0 Å². The minimum absolute atomic E-state index is 0.783. The van der Waals surface area contributed by atoms with E-state index in [-0.39, 0.29) is 0 Å². The first-order chi connectivity index (χ1) is 9.36. The smallest absolute Gasteiger partial charge is 0.0305 e. The van der Waals surface area contributed by atoms with Crippen molar-refractivity contribution >= 4 is 11.3 Å². The molecule has 0 aliphatic heterocycles. The van der Waals surface area contributed by atoms with E-state index in [0.29, 0.717) is 0 Å². The Balaban J connectivity index is 1.51. The predicted molar refractivity (Wildman–Crippen MR) is 83.6 cm³/mol. The van der Waals surface area contributed by atoms with Gasteiger partial charge in [-0.3, -0.25) is 0 Å². The average molecular weight is 277 g/mol. The molecule has 0 bridgehead atoms. The van der Waals surface area contributed by atoms with Crippen LogP contribution in [0.4, 0.5) is 0 Å². The highest BCUT2D eigenvalue weighted by molar-refractivity contribution is 7.10. The van der Waals surface area contributed by atoms with E-state index < -0.39 is 0 Å². The summed E-state index contributed by atoms with van der Waals surface area (Å²) < 4.78 is 0. The van der Waals surface area contributed by atoms with Crippen molar-refractivity contribution in [2.24, 2.45) is 11.8 Å². The van der Waals surface area contributed by atoms with Crippen LogP contribution in [0.5, 0.6) is 0 Å². The van der Waals surface area contributed by atoms with Crippen molar-refractivity contribution in [2.75, 3.05) is 0 Å². The highest BCUT2D eigenvalue weighted by Crippen LogP contribution is 2.40. The summed E-state index contributed by atoms with van der Waals surface area (Å²) in [5.74, 6) is 2.11. The maximum atomic E-state index is 3.84. The molecule has 2 fully saturated rings. The zero-order valence-electron chi connectivity index (χ0n) is 12.2. The summed E-state index contributed by atoms with van der Waals surface area (Å²) in [6, 6.07) is 3.07. The number of hydrogen-bond donors (Lipinski definition) is 1. The Hall–Kier alpha value is -0.340. The van der Waals surface area contributed by atoms with Crippen molar-refractivity contribution in [3.8, 4) is 0 Å². The largest absolute Gasteiger partial charge is 0.309 e. The molecule has 1 aromatic heterocycles. The molecule has 2 heteroatoms. The molecule has 0 radical (unpaired) electrons. The normalized spacial score (nSPS) is 31.1. The van der Waals surface area contributed by atoms with Crippen molar-refractivity contribution in [2.45, 2.75) is 70.9 Å². The third-order valence-electron chi connectivity index (χ3n) is 5.31. The summed E-state index contributed by atoms with van der Waals surface area (Å²) in [5, 5.41) is 6.09. The monoisotopic (exact) mass is 277 g/mol. The van der Waals surface area contributed by atoms with Gasteiger partial charge in [0.25, 0.3) is 0 Å². The lowest BCUT2D eigenvalue weighted by molar-refractivity contribution is 0.143. The third kappa shape index (κ3) is 3.22. The van der Waals surface area contributed by atoms with E-state index in [9.17, 15) is 0 Å². The number of rotatable bonds is 4. The van der Waals surface area contributed by atoms with Gasteiger partial charge in [-0.05, 0) is 54.5 Å². The van der Waals surface area contributed by atoms with Crippen LogP contribution in [0.3, 0.4) is 0 Å². The average Bonchev–Trinajstić information content (AvgIpc) is 2.92. The summed E-state index contributed by atoms with van der Waals surface area (Å²) >= 11 is 1.92. The fourth-order valence-corrected chi connectivity index (χ4v) is 5.06. The second kappa shape index (κ2) is 6.41. The lowest BCUT2D eigenvalue weighted by Crippen LogP contribution is -2.38. The van der Waals surface area contributed by atoms with Crippen molar-refractivity contribution in [3.05, 3.63) is 21.9 Å². The third-order valence-corrected chi connectivity index (χ3v) is 6.27. The molecular weight excluding hydrogens is 250 g/mol. The molecule has 2 aliphatic carbocycles. The standard InChI is InChI=1S/C17H27NS/c1-2-13-9-10-19-17(13)12-18-16-8-7-14-5-3-4-6-15(14)11-16/h9-10,14-16,18H,2-8,11-12H2,1H3. The molecule has 1 heterocycles. The molecule has 19 heavy (non-hydrogen) atoms. The first kappa shape index (κ1) is 13.6. The topological polar surface area (TPSA) is 12.0 Å². The van der Waals surface area contributed by atoms with Crippen molar-refractivity contribution < 1.29 is 0 Å². The molecule has 0 amide bonds. The lowest BCUT2D eigenvalue weighted by atomic mass is 9.69. The van der Waals surface area contributed by atoms with Crippen LogP contribution >= 0.6 is 11.3 Å². The Bertz CT molecular complexity index is 398. The summed E-state index contributed by atoms with van der Waals surface area (Å²) in [5.41, 5.74) is 1.55.